The van der Waals surface area contributed by atoms with Gasteiger partial charge in [-0.2, -0.15) is 0 Å². The Morgan fingerprint density at radius 1 is 1.24 bits per heavy atom. The summed E-state index contributed by atoms with van der Waals surface area (Å²) in [7, 11) is 0. The summed E-state index contributed by atoms with van der Waals surface area (Å²) in [6.07, 6.45) is 0. The minimum atomic E-state index is -1.18. The highest BCUT2D eigenvalue weighted by Gasteiger charge is 2.17. The topological polar surface area (TPSA) is 106 Å². The molecule has 0 aliphatic carbocycles. The maximum Gasteiger partial charge on any atom is 0.335 e. The molecule has 0 aromatic heterocycles. The number of anilines is 1. The van der Waals surface area contributed by atoms with Gasteiger partial charge in [-0.05, 0) is 30.3 Å². The number of thioether (sulfide) groups is 1. The van der Waals surface area contributed by atoms with Crippen molar-refractivity contribution in [1.29, 1.82) is 0 Å². The van der Waals surface area contributed by atoms with Gasteiger partial charge in [0.05, 0.1) is 10.5 Å². The minimum Gasteiger partial charge on any atom is -0.478 e. The summed E-state index contributed by atoms with van der Waals surface area (Å²) < 4.78 is 0. The quantitative estimate of drug-likeness (QED) is 0.380. The molecule has 6 nitrogen and oxygen atoms in total. The Labute approximate surface area is 124 Å². The number of nitro groups is 1. The van der Waals surface area contributed by atoms with Crippen LogP contribution in [0.5, 0.6) is 0 Å². The second-order valence-electron chi connectivity index (χ2n) is 4.26. The molecule has 3 N–H and O–H groups in total. The van der Waals surface area contributed by atoms with Crippen LogP contribution in [0.25, 0.3) is 0 Å². The van der Waals surface area contributed by atoms with Crippen molar-refractivity contribution in [2.45, 2.75) is 10.6 Å². The smallest absolute Gasteiger partial charge is 0.335 e. The first-order valence-corrected chi connectivity index (χ1v) is 6.95. The number of hydrogen-bond acceptors (Lipinski definition) is 5. The Morgan fingerprint density at radius 2 is 1.90 bits per heavy atom. The molecule has 0 saturated heterocycles. The second kappa shape index (κ2) is 6.27. The predicted octanol–water partition coefficient (Wildman–Crippen LogP) is 3.17. The van der Waals surface area contributed by atoms with Crippen LogP contribution in [0, 0.1) is 10.1 Å². The van der Waals surface area contributed by atoms with E-state index in [0.717, 1.165) is 11.0 Å². The lowest BCUT2D eigenvalue weighted by Crippen LogP contribution is -2.00. The lowest BCUT2D eigenvalue weighted by atomic mass is 10.1. The summed E-state index contributed by atoms with van der Waals surface area (Å²) in [4.78, 5) is 22.3. The monoisotopic (exact) mass is 304 g/mol. The maximum atomic E-state index is 11.0. The molecule has 0 amide bonds. The van der Waals surface area contributed by atoms with Gasteiger partial charge in [-0.15, -0.1) is 11.8 Å². The van der Waals surface area contributed by atoms with E-state index in [1.807, 2.05) is 12.1 Å². The Hall–Kier alpha value is -2.54. The van der Waals surface area contributed by atoms with E-state index in [2.05, 4.69) is 0 Å². The third kappa shape index (κ3) is 3.73. The van der Waals surface area contributed by atoms with Gasteiger partial charge in [-0.3, -0.25) is 10.1 Å². The number of carbonyl (C=O) groups is 1. The molecule has 0 heterocycles. The zero-order valence-corrected chi connectivity index (χ0v) is 11.7. The molecule has 0 unspecified atom stereocenters. The summed E-state index contributed by atoms with van der Waals surface area (Å²) in [5.41, 5.74) is 6.44. The second-order valence-corrected chi connectivity index (χ2v) is 5.31. The highest BCUT2D eigenvalue weighted by Crippen LogP contribution is 2.29. The predicted molar refractivity (Wildman–Crippen MR) is 80.5 cm³/mol. The van der Waals surface area contributed by atoms with E-state index in [-0.39, 0.29) is 11.3 Å². The zero-order valence-electron chi connectivity index (χ0n) is 10.9. The number of hydrogen-bond donors (Lipinski definition) is 2. The number of nitrogens with zero attached hydrogens (tertiary/aromatic N) is 1. The van der Waals surface area contributed by atoms with Crippen LogP contribution in [0.4, 0.5) is 11.4 Å². The fourth-order valence-electron chi connectivity index (χ4n) is 1.71. The summed E-state index contributed by atoms with van der Waals surface area (Å²) in [5, 5.41) is 19.9. The van der Waals surface area contributed by atoms with E-state index in [4.69, 9.17) is 10.8 Å². The minimum absolute atomic E-state index is 0.0945. The van der Waals surface area contributed by atoms with Gasteiger partial charge >= 0.3 is 5.97 Å². The molecule has 0 saturated carbocycles. The first kappa shape index (κ1) is 14.9. The van der Waals surface area contributed by atoms with E-state index >= 15 is 0 Å². The Balaban J connectivity index is 2.21. The van der Waals surface area contributed by atoms with E-state index < -0.39 is 10.9 Å². The van der Waals surface area contributed by atoms with Crippen molar-refractivity contribution in [2.75, 3.05) is 5.73 Å². The number of carboxylic acid groups (broad SMARTS) is 1. The van der Waals surface area contributed by atoms with E-state index in [9.17, 15) is 14.9 Å². The van der Waals surface area contributed by atoms with Gasteiger partial charge in [0.1, 0.15) is 0 Å². The standard InChI is InChI=1S/C14H12N2O4S/c15-11-3-5-12(6-4-11)21-8-10-2-1-9(14(17)18)7-13(10)16(19)20/h1-7H,8,15H2,(H,17,18). The molecule has 0 spiro atoms. The van der Waals surface area contributed by atoms with Crippen molar-refractivity contribution in [3.8, 4) is 0 Å². The highest BCUT2D eigenvalue weighted by molar-refractivity contribution is 7.98. The van der Waals surface area contributed by atoms with Gasteiger partial charge in [0.2, 0.25) is 0 Å². The summed E-state index contributed by atoms with van der Waals surface area (Å²) in [5.74, 6) is -0.809. The van der Waals surface area contributed by atoms with Crippen LogP contribution >= 0.6 is 11.8 Å². The van der Waals surface area contributed by atoms with Crippen LogP contribution in [0.15, 0.2) is 47.4 Å². The van der Waals surface area contributed by atoms with Gasteiger partial charge in [-0.1, -0.05) is 6.07 Å². The Bertz CT molecular complexity index is 686. The maximum absolute atomic E-state index is 11.0. The number of carboxylic acids is 1. The van der Waals surface area contributed by atoms with Gasteiger partial charge in [0, 0.05) is 28.0 Å². The van der Waals surface area contributed by atoms with E-state index in [1.54, 1.807) is 12.1 Å². The van der Waals surface area contributed by atoms with Crippen LogP contribution in [-0.4, -0.2) is 16.0 Å². The molecule has 0 fully saturated rings. The fraction of sp³-hybridized carbons (Fsp3) is 0.0714. The lowest BCUT2D eigenvalue weighted by molar-refractivity contribution is -0.385. The van der Waals surface area contributed by atoms with Crippen molar-refractivity contribution >= 4 is 29.1 Å². The van der Waals surface area contributed by atoms with Crippen LogP contribution in [0.2, 0.25) is 0 Å². The molecule has 7 heteroatoms. The normalized spacial score (nSPS) is 10.3. The van der Waals surface area contributed by atoms with Crippen LogP contribution in [0.3, 0.4) is 0 Å². The molecule has 21 heavy (non-hydrogen) atoms. The van der Waals surface area contributed by atoms with Crippen molar-refractivity contribution in [2.24, 2.45) is 0 Å². The molecular formula is C14H12N2O4S. The SMILES string of the molecule is Nc1ccc(SCc2ccc(C(=O)O)cc2[N+](=O)[O-])cc1. The molecule has 0 radical (unpaired) electrons. The Kier molecular flexibility index (Phi) is 4.44. The van der Waals surface area contributed by atoms with Crippen LogP contribution in [0.1, 0.15) is 15.9 Å². The molecular weight excluding hydrogens is 292 g/mol. The molecule has 0 aliphatic rings. The first-order chi connectivity index (χ1) is 9.97. The van der Waals surface area contributed by atoms with E-state index in [1.165, 1.54) is 23.9 Å². The number of rotatable bonds is 5. The van der Waals surface area contributed by atoms with Gasteiger partial charge < -0.3 is 10.8 Å². The number of nitrogens with two attached hydrogens (primary N) is 1. The molecule has 0 atom stereocenters. The van der Waals surface area contributed by atoms with Crippen LogP contribution < -0.4 is 5.73 Å². The van der Waals surface area contributed by atoms with Crippen LogP contribution in [-0.2, 0) is 5.75 Å². The summed E-state index contributed by atoms with van der Waals surface area (Å²) >= 11 is 1.42. The average Bonchev–Trinajstić information content (AvgIpc) is 2.46. The lowest BCUT2D eigenvalue weighted by Gasteiger charge is -2.05. The largest absolute Gasteiger partial charge is 0.478 e. The summed E-state index contributed by atoms with van der Waals surface area (Å²) in [6, 6.07) is 11.1. The number of benzene rings is 2. The highest BCUT2D eigenvalue weighted by atomic mass is 32.2. The molecule has 2 aromatic rings. The zero-order chi connectivity index (χ0) is 15.4. The molecule has 0 aliphatic heterocycles. The van der Waals surface area contributed by atoms with Gasteiger partial charge in [0.15, 0.2) is 0 Å². The molecule has 108 valence electrons. The third-order valence-corrected chi connectivity index (χ3v) is 3.86. The van der Waals surface area contributed by atoms with E-state index in [0.29, 0.717) is 17.0 Å². The molecule has 2 aromatic carbocycles. The first-order valence-electron chi connectivity index (χ1n) is 5.96. The number of nitro benzene ring substituents is 1. The third-order valence-electron chi connectivity index (χ3n) is 2.80. The molecule has 2 rings (SSSR count). The number of aromatic carboxylic acids is 1. The van der Waals surface area contributed by atoms with Gasteiger partial charge in [-0.25, -0.2) is 4.79 Å². The molecule has 0 bridgehead atoms. The van der Waals surface area contributed by atoms with Gasteiger partial charge in [0.25, 0.3) is 5.69 Å². The van der Waals surface area contributed by atoms with Crippen molar-refractivity contribution in [1.82, 2.24) is 0 Å². The van der Waals surface area contributed by atoms with Crippen molar-refractivity contribution in [3.63, 3.8) is 0 Å². The summed E-state index contributed by atoms with van der Waals surface area (Å²) in [6.45, 7) is 0. The number of nitrogen functional groups attached to an aromatic ring is 1. The fourth-order valence-corrected chi connectivity index (χ4v) is 2.61. The average molecular weight is 304 g/mol. The Morgan fingerprint density at radius 3 is 2.48 bits per heavy atom. The van der Waals surface area contributed by atoms with Crippen molar-refractivity contribution in [3.05, 3.63) is 63.7 Å². The van der Waals surface area contributed by atoms with Crippen molar-refractivity contribution < 1.29 is 14.8 Å².